The maximum Gasteiger partial charge on any atom is 0.343 e. The molecule has 2 N–H and O–H groups in total. The maximum atomic E-state index is 12.6. The first kappa shape index (κ1) is 24.4. The Labute approximate surface area is 215 Å². The molecule has 1 heterocycles. The molecule has 1 aliphatic rings. The molecule has 1 amide bonds. The van der Waals surface area contributed by atoms with Crippen LogP contribution in [0, 0.1) is 0 Å². The number of nitrogens with two attached hydrogens (primary N) is 1. The fourth-order valence-corrected chi connectivity index (χ4v) is 5.18. The number of rotatable bonds is 8. The van der Waals surface area contributed by atoms with E-state index in [1.165, 1.54) is 7.11 Å². The van der Waals surface area contributed by atoms with Gasteiger partial charge in [0.05, 0.1) is 25.1 Å². The Balaban J connectivity index is 1.64. The number of fused-ring (bicyclic) bond motifs is 3. The van der Waals surface area contributed by atoms with E-state index in [0.717, 1.165) is 58.5 Å². The van der Waals surface area contributed by atoms with E-state index in [2.05, 4.69) is 10.6 Å². The number of hydrogen-bond donors (Lipinski definition) is 1. The van der Waals surface area contributed by atoms with Gasteiger partial charge in [0, 0.05) is 16.6 Å². The lowest BCUT2D eigenvalue weighted by Crippen LogP contribution is -2.21. The van der Waals surface area contributed by atoms with Crippen LogP contribution in [0.15, 0.2) is 72.8 Å². The van der Waals surface area contributed by atoms with Crippen LogP contribution >= 0.6 is 0 Å². The minimum atomic E-state index is -0.471. The summed E-state index contributed by atoms with van der Waals surface area (Å²) >= 11 is 0. The summed E-state index contributed by atoms with van der Waals surface area (Å²) < 4.78 is 19.1. The molecule has 7 heteroatoms. The third kappa shape index (κ3) is 5.03. The van der Waals surface area contributed by atoms with E-state index < -0.39 is 11.9 Å². The van der Waals surface area contributed by atoms with E-state index in [9.17, 15) is 9.59 Å². The molecule has 4 aromatic rings. The van der Waals surface area contributed by atoms with Crippen molar-refractivity contribution >= 4 is 22.8 Å². The highest BCUT2D eigenvalue weighted by atomic mass is 16.6. The number of amides is 1. The summed E-state index contributed by atoms with van der Waals surface area (Å²) in [5.41, 5.74) is 9.83. The summed E-state index contributed by atoms with van der Waals surface area (Å²) in [5.74, 6) is 0.819. The average molecular weight is 499 g/mol. The van der Waals surface area contributed by atoms with Gasteiger partial charge in [0.1, 0.15) is 17.2 Å². The molecule has 1 aromatic heterocycles. The van der Waals surface area contributed by atoms with Crippen molar-refractivity contribution in [3.05, 3.63) is 89.6 Å². The number of hydrogen-bond acceptors (Lipinski definition) is 5. The molecule has 1 unspecified atom stereocenters. The molecule has 190 valence electrons. The zero-order chi connectivity index (χ0) is 25.8. The molecule has 0 aliphatic heterocycles. The summed E-state index contributed by atoms with van der Waals surface area (Å²) in [6, 6.07) is 23.4. The number of nitrogens with zero attached hydrogens (tertiary/aromatic N) is 1. The minimum Gasteiger partial charge on any atom is -0.481 e. The minimum absolute atomic E-state index is 0.218. The second-order valence-corrected chi connectivity index (χ2v) is 9.19. The number of ether oxygens (including phenoxy) is 3. The lowest BCUT2D eigenvalue weighted by molar-refractivity contribution is -0.142. The molecule has 7 nitrogen and oxygen atoms in total. The Bertz CT molecular complexity index is 1430. The summed E-state index contributed by atoms with van der Waals surface area (Å²) in [7, 11) is 1.33. The average Bonchev–Trinajstić information content (AvgIpc) is 3.06. The van der Waals surface area contributed by atoms with E-state index >= 15 is 0 Å². The van der Waals surface area contributed by atoms with Gasteiger partial charge in [0.15, 0.2) is 6.61 Å². The molecule has 5 rings (SSSR count). The normalized spacial score (nSPS) is 15.0. The largest absolute Gasteiger partial charge is 0.481 e. The van der Waals surface area contributed by atoms with Crippen LogP contribution in [0.2, 0.25) is 0 Å². The number of carbonyl (C=O) groups excluding carboxylic acids is 2. The van der Waals surface area contributed by atoms with Gasteiger partial charge >= 0.3 is 5.97 Å². The summed E-state index contributed by atoms with van der Waals surface area (Å²) in [5, 5.41) is 0.827. The van der Waals surface area contributed by atoms with Gasteiger partial charge in [-0.25, -0.2) is 4.79 Å². The molecular weight excluding hydrogens is 468 g/mol. The SMILES string of the molecule is COC(=O)COc1cccc2c1c1c(n2Cc2ccccc2Oc2ccccc2)CCCCC1C(N)=O. The van der Waals surface area contributed by atoms with Gasteiger partial charge in [-0.05, 0) is 55.2 Å². The van der Waals surface area contributed by atoms with Crippen molar-refractivity contribution in [1.29, 1.82) is 0 Å². The molecule has 0 fully saturated rings. The van der Waals surface area contributed by atoms with Crippen molar-refractivity contribution in [2.24, 2.45) is 5.73 Å². The molecule has 0 bridgehead atoms. The van der Waals surface area contributed by atoms with Crippen LogP contribution in [0.5, 0.6) is 17.2 Å². The first-order valence-electron chi connectivity index (χ1n) is 12.5. The van der Waals surface area contributed by atoms with Crippen LogP contribution in [-0.4, -0.2) is 30.2 Å². The van der Waals surface area contributed by atoms with E-state index in [1.54, 1.807) is 0 Å². The van der Waals surface area contributed by atoms with Crippen molar-refractivity contribution in [2.45, 2.75) is 38.1 Å². The van der Waals surface area contributed by atoms with Crippen LogP contribution in [0.25, 0.3) is 10.9 Å². The number of primary amides is 1. The predicted molar refractivity (Wildman–Crippen MR) is 141 cm³/mol. The maximum absolute atomic E-state index is 12.6. The Morgan fingerprint density at radius 2 is 1.70 bits per heavy atom. The van der Waals surface area contributed by atoms with Gasteiger partial charge in [-0.1, -0.05) is 48.9 Å². The molecule has 0 saturated carbocycles. The van der Waals surface area contributed by atoms with E-state index in [0.29, 0.717) is 18.7 Å². The first-order chi connectivity index (χ1) is 18.1. The lowest BCUT2D eigenvalue weighted by Gasteiger charge is -2.16. The number of esters is 1. The molecule has 0 saturated heterocycles. The van der Waals surface area contributed by atoms with Gasteiger partial charge in [0.2, 0.25) is 5.91 Å². The fraction of sp³-hybridized carbons (Fsp3) is 0.267. The van der Waals surface area contributed by atoms with Crippen LogP contribution < -0.4 is 15.2 Å². The lowest BCUT2D eigenvalue weighted by atomic mass is 9.92. The predicted octanol–water partition coefficient (Wildman–Crippen LogP) is 5.33. The Morgan fingerprint density at radius 1 is 0.946 bits per heavy atom. The van der Waals surface area contributed by atoms with Crippen molar-refractivity contribution in [2.75, 3.05) is 13.7 Å². The molecule has 1 aliphatic carbocycles. The summed E-state index contributed by atoms with van der Waals surface area (Å²) in [6.07, 6.45) is 3.35. The zero-order valence-electron chi connectivity index (χ0n) is 20.8. The second kappa shape index (κ2) is 10.8. The van der Waals surface area contributed by atoms with Gasteiger partial charge < -0.3 is 24.5 Å². The van der Waals surface area contributed by atoms with Crippen molar-refractivity contribution in [3.63, 3.8) is 0 Å². The first-order valence-corrected chi connectivity index (χ1v) is 12.5. The van der Waals surface area contributed by atoms with E-state index in [1.807, 2.05) is 66.7 Å². The number of para-hydroxylation sites is 2. The topological polar surface area (TPSA) is 92.8 Å². The highest BCUT2D eigenvalue weighted by Gasteiger charge is 2.31. The molecule has 0 spiro atoms. The van der Waals surface area contributed by atoms with Crippen LogP contribution in [0.1, 0.15) is 42.0 Å². The third-order valence-corrected chi connectivity index (χ3v) is 6.89. The monoisotopic (exact) mass is 498 g/mol. The second-order valence-electron chi connectivity index (χ2n) is 9.19. The van der Waals surface area contributed by atoms with Crippen molar-refractivity contribution in [1.82, 2.24) is 4.57 Å². The Kier molecular flexibility index (Phi) is 7.12. The van der Waals surface area contributed by atoms with E-state index in [-0.39, 0.29) is 12.5 Å². The molecular formula is C30H30N2O5. The quantitative estimate of drug-likeness (QED) is 0.262. The van der Waals surface area contributed by atoms with Crippen LogP contribution in [0.3, 0.4) is 0 Å². The highest BCUT2D eigenvalue weighted by molar-refractivity contribution is 5.97. The van der Waals surface area contributed by atoms with Crippen molar-refractivity contribution in [3.8, 4) is 17.2 Å². The van der Waals surface area contributed by atoms with Crippen molar-refractivity contribution < 1.29 is 23.8 Å². The van der Waals surface area contributed by atoms with Gasteiger partial charge in [-0.2, -0.15) is 0 Å². The van der Waals surface area contributed by atoms with Gasteiger partial charge in [-0.15, -0.1) is 0 Å². The smallest absolute Gasteiger partial charge is 0.343 e. The number of methoxy groups -OCH3 is 1. The fourth-order valence-electron chi connectivity index (χ4n) is 5.18. The van der Waals surface area contributed by atoms with Crippen LogP contribution in [0.4, 0.5) is 0 Å². The molecule has 37 heavy (non-hydrogen) atoms. The van der Waals surface area contributed by atoms with Gasteiger partial charge in [-0.3, -0.25) is 4.79 Å². The summed E-state index contributed by atoms with van der Waals surface area (Å²) in [4.78, 5) is 24.5. The van der Waals surface area contributed by atoms with E-state index in [4.69, 9.17) is 19.9 Å². The number of aromatic nitrogens is 1. The number of benzene rings is 3. The third-order valence-electron chi connectivity index (χ3n) is 6.89. The Hall–Kier alpha value is -4.26. The summed E-state index contributed by atoms with van der Waals surface area (Å²) in [6.45, 7) is 0.325. The van der Waals surface area contributed by atoms with Gasteiger partial charge in [0.25, 0.3) is 0 Å². The Morgan fingerprint density at radius 3 is 2.49 bits per heavy atom. The highest BCUT2D eigenvalue weighted by Crippen LogP contribution is 2.43. The molecule has 3 aromatic carbocycles. The zero-order valence-corrected chi connectivity index (χ0v) is 20.8. The molecule has 1 atom stereocenters. The molecule has 0 radical (unpaired) electrons. The number of carbonyl (C=O) groups is 2. The standard InChI is InChI=1S/C30H30N2O5/c1-35-27(33)19-36-26-17-9-15-24-29(26)28-22(30(31)34)13-6-7-14-23(28)32(24)18-20-10-5-8-16-25(20)37-21-11-3-2-4-12-21/h2-5,8-12,15-17,22H,6-7,13-14,18-19H2,1H3,(H2,31,34). The van der Waals surface area contributed by atoms with Crippen LogP contribution in [-0.2, 0) is 27.3 Å².